The number of benzene rings is 2. The van der Waals surface area contributed by atoms with Gasteiger partial charge in [-0.1, -0.05) is 24.3 Å². The summed E-state index contributed by atoms with van der Waals surface area (Å²) in [5, 5.41) is 7.68. The summed E-state index contributed by atoms with van der Waals surface area (Å²) in [6, 6.07) is 13.2. The summed E-state index contributed by atoms with van der Waals surface area (Å²) in [7, 11) is 3.25. The lowest BCUT2D eigenvalue weighted by molar-refractivity contribution is 0.0597. The highest BCUT2D eigenvalue weighted by molar-refractivity contribution is 6.04. The molecule has 4 rings (SSSR count). The molecule has 1 aliphatic heterocycles. The Morgan fingerprint density at radius 1 is 1.10 bits per heavy atom. The number of nitrogens with one attached hydrogen (secondary N) is 1. The van der Waals surface area contributed by atoms with E-state index in [1.54, 1.807) is 32.4 Å². The number of methoxy groups -OCH3 is 2. The third kappa shape index (κ3) is 4.26. The lowest BCUT2D eigenvalue weighted by Crippen LogP contribution is -2.44. The van der Waals surface area contributed by atoms with E-state index in [9.17, 15) is 9.59 Å². The number of hydrogen-bond donors (Lipinski definition) is 1. The molecule has 0 aliphatic carbocycles. The highest BCUT2D eigenvalue weighted by atomic mass is 16.5. The fourth-order valence-electron chi connectivity index (χ4n) is 4.35. The van der Waals surface area contributed by atoms with Gasteiger partial charge < -0.3 is 14.4 Å². The van der Waals surface area contributed by atoms with Crippen LogP contribution in [0.15, 0.2) is 47.3 Å². The van der Waals surface area contributed by atoms with Crippen molar-refractivity contribution in [1.82, 2.24) is 15.1 Å². The molecule has 0 bridgehead atoms. The molecule has 1 saturated heterocycles. The minimum Gasteiger partial charge on any atom is -0.493 e. The Bertz CT molecular complexity index is 1140. The van der Waals surface area contributed by atoms with Crippen LogP contribution in [0.5, 0.6) is 11.5 Å². The van der Waals surface area contributed by atoms with Crippen LogP contribution >= 0.6 is 0 Å². The van der Waals surface area contributed by atoms with E-state index in [1.165, 1.54) is 0 Å². The summed E-state index contributed by atoms with van der Waals surface area (Å²) in [6.45, 7) is 0.699. The summed E-state index contributed by atoms with van der Waals surface area (Å²) in [6.07, 6.45) is 4.71. The van der Waals surface area contributed by atoms with Crippen LogP contribution in [0.3, 0.4) is 0 Å². The van der Waals surface area contributed by atoms with Gasteiger partial charge in [0.2, 0.25) is 0 Å². The lowest BCUT2D eigenvalue weighted by atomic mass is 9.95. The van der Waals surface area contributed by atoms with E-state index in [1.807, 2.05) is 29.2 Å². The van der Waals surface area contributed by atoms with Crippen molar-refractivity contribution in [3.63, 3.8) is 0 Å². The SMILES string of the molecule is COc1ccc(CCC2CCCCN2C(=O)c2n[nH]c(=O)c3ccccc23)cc1OC. The van der Waals surface area contributed by atoms with Gasteiger partial charge in [-0.25, -0.2) is 5.10 Å². The fraction of sp³-hybridized carbons (Fsp3) is 0.375. The molecule has 1 amide bonds. The molecule has 7 heteroatoms. The molecule has 1 unspecified atom stereocenters. The van der Waals surface area contributed by atoms with E-state index in [2.05, 4.69) is 10.2 Å². The van der Waals surface area contributed by atoms with Gasteiger partial charge in [-0.2, -0.15) is 5.10 Å². The molecule has 0 radical (unpaired) electrons. The van der Waals surface area contributed by atoms with Crippen LogP contribution in [-0.2, 0) is 6.42 Å². The normalized spacial score (nSPS) is 16.3. The molecule has 1 fully saturated rings. The summed E-state index contributed by atoms with van der Waals surface area (Å²) >= 11 is 0. The predicted molar refractivity (Wildman–Crippen MR) is 119 cm³/mol. The first-order valence-electron chi connectivity index (χ1n) is 10.6. The molecule has 1 aromatic heterocycles. The smallest absolute Gasteiger partial charge is 0.275 e. The van der Waals surface area contributed by atoms with Crippen LogP contribution in [0.25, 0.3) is 10.8 Å². The molecule has 2 heterocycles. The van der Waals surface area contributed by atoms with Crippen molar-refractivity contribution >= 4 is 16.7 Å². The number of H-pyrrole nitrogens is 1. The number of rotatable bonds is 6. The second-order valence-corrected chi connectivity index (χ2v) is 7.82. The number of nitrogens with zero attached hydrogens (tertiary/aromatic N) is 2. The molecule has 1 aliphatic rings. The van der Waals surface area contributed by atoms with Crippen molar-refractivity contribution < 1.29 is 14.3 Å². The van der Waals surface area contributed by atoms with E-state index in [-0.39, 0.29) is 17.5 Å². The first-order chi connectivity index (χ1) is 15.1. The molecule has 7 nitrogen and oxygen atoms in total. The quantitative estimate of drug-likeness (QED) is 0.658. The number of hydrogen-bond acceptors (Lipinski definition) is 5. The second kappa shape index (κ2) is 9.20. The number of ether oxygens (including phenoxy) is 2. The average molecular weight is 421 g/mol. The maximum absolute atomic E-state index is 13.4. The van der Waals surface area contributed by atoms with E-state index in [0.717, 1.165) is 37.7 Å². The molecule has 2 aromatic carbocycles. The van der Waals surface area contributed by atoms with Gasteiger partial charge in [0.05, 0.1) is 19.6 Å². The average Bonchev–Trinajstić information content (AvgIpc) is 2.82. The van der Waals surface area contributed by atoms with Gasteiger partial charge in [0, 0.05) is 18.0 Å². The largest absolute Gasteiger partial charge is 0.493 e. The monoisotopic (exact) mass is 421 g/mol. The van der Waals surface area contributed by atoms with Crippen molar-refractivity contribution in [1.29, 1.82) is 0 Å². The third-order valence-corrected chi connectivity index (χ3v) is 6.00. The maximum Gasteiger partial charge on any atom is 0.275 e. The van der Waals surface area contributed by atoms with Crippen LogP contribution in [0, 0.1) is 0 Å². The van der Waals surface area contributed by atoms with Crippen LogP contribution in [0.1, 0.15) is 41.7 Å². The molecule has 31 heavy (non-hydrogen) atoms. The van der Waals surface area contributed by atoms with E-state index in [0.29, 0.717) is 34.5 Å². The van der Waals surface area contributed by atoms with Gasteiger partial charge in [-0.3, -0.25) is 9.59 Å². The van der Waals surface area contributed by atoms with Gasteiger partial charge in [0.1, 0.15) is 0 Å². The maximum atomic E-state index is 13.4. The summed E-state index contributed by atoms with van der Waals surface area (Å²) in [5.74, 6) is 1.29. The Hall–Kier alpha value is -3.35. The zero-order chi connectivity index (χ0) is 21.8. The second-order valence-electron chi connectivity index (χ2n) is 7.82. The number of piperidine rings is 1. The van der Waals surface area contributed by atoms with Gasteiger partial charge in [0.15, 0.2) is 17.2 Å². The lowest BCUT2D eigenvalue weighted by Gasteiger charge is -2.36. The molecular weight excluding hydrogens is 394 g/mol. The number of amides is 1. The molecule has 1 N–H and O–H groups in total. The highest BCUT2D eigenvalue weighted by Gasteiger charge is 2.29. The first-order valence-corrected chi connectivity index (χ1v) is 10.6. The standard InChI is InChI=1S/C24H27N3O4/c1-30-20-13-11-16(15-21(20)31-2)10-12-17-7-5-6-14-27(17)24(29)22-18-8-3-4-9-19(18)23(28)26-25-22/h3-4,8-9,11,13,15,17H,5-7,10,12,14H2,1-2H3,(H,26,28). The molecule has 0 spiro atoms. The van der Waals surface area contributed by atoms with Gasteiger partial charge in [-0.15, -0.1) is 0 Å². The zero-order valence-corrected chi connectivity index (χ0v) is 17.9. The zero-order valence-electron chi connectivity index (χ0n) is 17.9. The minimum atomic E-state index is -0.282. The Morgan fingerprint density at radius 2 is 1.87 bits per heavy atom. The highest BCUT2D eigenvalue weighted by Crippen LogP contribution is 2.29. The first kappa shape index (κ1) is 20.9. The number of carbonyl (C=O) groups excluding carboxylic acids is 1. The molecule has 162 valence electrons. The van der Waals surface area contributed by atoms with Crippen molar-refractivity contribution in [3.05, 3.63) is 64.1 Å². The van der Waals surface area contributed by atoms with Gasteiger partial charge >= 0.3 is 0 Å². The van der Waals surface area contributed by atoms with Crippen molar-refractivity contribution in [3.8, 4) is 11.5 Å². The summed E-state index contributed by atoms with van der Waals surface area (Å²) < 4.78 is 10.7. The number of likely N-dealkylation sites (tertiary alicyclic amines) is 1. The molecular formula is C24H27N3O4. The number of carbonyl (C=O) groups is 1. The Balaban J connectivity index is 1.55. The minimum absolute atomic E-state index is 0.121. The third-order valence-electron chi connectivity index (χ3n) is 6.00. The number of aryl methyl sites for hydroxylation is 1. The van der Waals surface area contributed by atoms with Crippen LogP contribution in [0.2, 0.25) is 0 Å². The number of fused-ring (bicyclic) bond motifs is 1. The van der Waals surface area contributed by atoms with E-state index < -0.39 is 0 Å². The number of aromatic amines is 1. The van der Waals surface area contributed by atoms with Crippen molar-refractivity contribution in [2.75, 3.05) is 20.8 Å². The van der Waals surface area contributed by atoms with Crippen molar-refractivity contribution in [2.24, 2.45) is 0 Å². The molecule has 1 atom stereocenters. The van der Waals surface area contributed by atoms with Crippen molar-refractivity contribution in [2.45, 2.75) is 38.1 Å². The van der Waals surface area contributed by atoms with Gasteiger partial charge in [0.25, 0.3) is 11.5 Å². The summed E-state index contributed by atoms with van der Waals surface area (Å²) in [5.41, 5.74) is 1.17. The summed E-state index contributed by atoms with van der Waals surface area (Å²) in [4.78, 5) is 27.5. The Kier molecular flexibility index (Phi) is 6.21. The van der Waals surface area contributed by atoms with Crippen LogP contribution in [-0.4, -0.2) is 47.8 Å². The molecule has 0 saturated carbocycles. The van der Waals surface area contributed by atoms with Crippen LogP contribution < -0.4 is 15.0 Å². The molecule has 3 aromatic rings. The van der Waals surface area contributed by atoms with Crippen LogP contribution in [0.4, 0.5) is 0 Å². The number of aromatic nitrogens is 2. The van der Waals surface area contributed by atoms with E-state index in [4.69, 9.17) is 9.47 Å². The van der Waals surface area contributed by atoms with Gasteiger partial charge in [-0.05, 0) is 55.9 Å². The topological polar surface area (TPSA) is 84.5 Å². The predicted octanol–water partition coefficient (Wildman–Crippen LogP) is 3.57. The Labute approximate surface area is 181 Å². The van der Waals surface area contributed by atoms with E-state index >= 15 is 0 Å². The Morgan fingerprint density at radius 3 is 2.65 bits per heavy atom. The fourth-order valence-corrected chi connectivity index (χ4v) is 4.35.